The summed E-state index contributed by atoms with van der Waals surface area (Å²) in [6.45, 7) is 1.19. The van der Waals surface area contributed by atoms with Gasteiger partial charge in [0.1, 0.15) is 6.29 Å². The SMILES string of the molecule is CN(Cc1ccccc1)C(=O)C1CC1C(=O)N1CCCC1C=O. The number of rotatable bonds is 5. The van der Waals surface area contributed by atoms with Crippen molar-refractivity contribution in [3.05, 3.63) is 35.9 Å². The number of aldehydes is 1. The molecule has 1 aliphatic carbocycles. The summed E-state index contributed by atoms with van der Waals surface area (Å²) < 4.78 is 0. The lowest BCUT2D eigenvalue weighted by molar-refractivity contribution is -0.139. The third-order valence-corrected chi connectivity index (χ3v) is 4.80. The summed E-state index contributed by atoms with van der Waals surface area (Å²) in [5.74, 6) is -0.453. The van der Waals surface area contributed by atoms with Crippen LogP contribution in [0.4, 0.5) is 0 Å². The molecule has 0 radical (unpaired) electrons. The number of nitrogens with zero attached hydrogens (tertiary/aromatic N) is 2. The van der Waals surface area contributed by atoms with Crippen molar-refractivity contribution in [3.63, 3.8) is 0 Å². The first-order valence-corrected chi connectivity index (χ1v) is 8.16. The molecule has 23 heavy (non-hydrogen) atoms. The highest BCUT2D eigenvalue weighted by Gasteiger charge is 2.51. The summed E-state index contributed by atoms with van der Waals surface area (Å²) in [7, 11) is 1.78. The molecule has 0 aromatic heterocycles. The third-order valence-electron chi connectivity index (χ3n) is 4.80. The van der Waals surface area contributed by atoms with Crippen LogP contribution in [0.5, 0.6) is 0 Å². The van der Waals surface area contributed by atoms with Gasteiger partial charge in [0.25, 0.3) is 0 Å². The molecule has 1 aromatic carbocycles. The van der Waals surface area contributed by atoms with Gasteiger partial charge in [-0.15, -0.1) is 0 Å². The van der Waals surface area contributed by atoms with Gasteiger partial charge in [-0.05, 0) is 24.8 Å². The van der Waals surface area contributed by atoms with Crippen LogP contribution in [-0.2, 0) is 20.9 Å². The summed E-state index contributed by atoms with van der Waals surface area (Å²) in [5, 5.41) is 0. The lowest BCUT2D eigenvalue weighted by Gasteiger charge is -2.21. The largest absolute Gasteiger partial charge is 0.341 e. The Morgan fingerprint density at radius 3 is 2.70 bits per heavy atom. The van der Waals surface area contributed by atoms with Crippen LogP contribution < -0.4 is 0 Å². The molecule has 1 aliphatic heterocycles. The Kier molecular flexibility index (Phi) is 4.46. The predicted molar refractivity (Wildman–Crippen MR) is 85.3 cm³/mol. The van der Waals surface area contributed by atoms with E-state index >= 15 is 0 Å². The van der Waals surface area contributed by atoms with Gasteiger partial charge in [0, 0.05) is 20.1 Å². The topological polar surface area (TPSA) is 57.7 Å². The number of benzene rings is 1. The minimum absolute atomic E-state index is 0.0222. The fraction of sp³-hybridized carbons (Fsp3) is 0.500. The second-order valence-electron chi connectivity index (χ2n) is 6.51. The molecule has 0 bridgehead atoms. The predicted octanol–water partition coefficient (Wildman–Crippen LogP) is 1.47. The van der Waals surface area contributed by atoms with E-state index in [1.54, 1.807) is 16.8 Å². The number of hydrogen-bond acceptors (Lipinski definition) is 3. The van der Waals surface area contributed by atoms with E-state index in [9.17, 15) is 14.4 Å². The second kappa shape index (κ2) is 6.52. The van der Waals surface area contributed by atoms with Crippen LogP contribution >= 0.6 is 0 Å². The molecule has 122 valence electrons. The van der Waals surface area contributed by atoms with Gasteiger partial charge in [0.15, 0.2) is 0 Å². The Morgan fingerprint density at radius 1 is 1.26 bits per heavy atom. The Bertz CT molecular complexity index is 602. The lowest BCUT2D eigenvalue weighted by atomic mass is 10.2. The quantitative estimate of drug-likeness (QED) is 0.773. The summed E-state index contributed by atoms with van der Waals surface area (Å²) in [6, 6.07) is 9.52. The average molecular weight is 314 g/mol. The molecule has 2 amide bonds. The first-order valence-electron chi connectivity index (χ1n) is 8.16. The highest BCUT2D eigenvalue weighted by Crippen LogP contribution is 2.42. The maximum absolute atomic E-state index is 12.5. The van der Waals surface area contributed by atoms with Crippen molar-refractivity contribution in [3.8, 4) is 0 Å². The van der Waals surface area contributed by atoms with E-state index < -0.39 is 0 Å². The van der Waals surface area contributed by atoms with Crippen LogP contribution in [0.3, 0.4) is 0 Å². The number of amides is 2. The Labute approximate surface area is 136 Å². The minimum Gasteiger partial charge on any atom is -0.341 e. The maximum atomic E-state index is 12.5. The van der Waals surface area contributed by atoms with E-state index in [-0.39, 0.29) is 29.7 Å². The molecule has 3 atom stereocenters. The molecule has 1 saturated heterocycles. The summed E-state index contributed by atoms with van der Waals surface area (Å²) in [4.78, 5) is 39.3. The van der Waals surface area contributed by atoms with Crippen molar-refractivity contribution >= 4 is 18.1 Å². The van der Waals surface area contributed by atoms with Gasteiger partial charge >= 0.3 is 0 Å². The average Bonchev–Trinajstić information content (AvgIpc) is 3.22. The van der Waals surface area contributed by atoms with E-state index in [2.05, 4.69) is 0 Å². The van der Waals surface area contributed by atoms with E-state index in [1.807, 2.05) is 30.3 Å². The normalized spacial score (nSPS) is 26.0. The Morgan fingerprint density at radius 2 is 2.00 bits per heavy atom. The van der Waals surface area contributed by atoms with Crippen molar-refractivity contribution in [2.75, 3.05) is 13.6 Å². The molecule has 0 spiro atoms. The fourth-order valence-electron chi connectivity index (χ4n) is 3.38. The molecular formula is C18H22N2O3. The molecule has 1 aromatic rings. The number of hydrogen-bond donors (Lipinski definition) is 0. The van der Waals surface area contributed by atoms with Crippen LogP contribution in [0.25, 0.3) is 0 Å². The zero-order valence-corrected chi connectivity index (χ0v) is 13.4. The van der Waals surface area contributed by atoms with Gasteiger partial charge in [-0.3, -0.25) is 9.59 Å². The van der Waals surface area contributed by atoms with Gasteiger partial charge in [0.05, 0.1) is 17.9 Å². The summed E-state index contributed by atoms with van der Waals surface area (Å²) in [5.41, 5.74) is 1.08. The van der Waals surface area contributed by atoms with Crippen LogP contribution in [0, 0.1) is 11.8 Å². The van der Waals surface area contributed by atoms with Crippen LogP contribution in [0.15, 0.2) is 30.3 Å². The summed E-state index contributed by atoms with van der Waals surface area (Å²) >= 11 is 0. The van der Waals surface area contributed by atoms with Gasteiger partial charge < -0.3 is 14.6 Å². The van der Waals surface area contributed by atoms with E-state index in [0.29, 0.717) is 19.5 Å². The first-order chi connectivity index (χ1) is 11.1. The zero-order valence-electron chi connectivity index (χ0n) is 13.4. The highest BCUT2D eigenvalue weighted by atomic mass is 16.2. The van der Waals surface area contributed by atoms with Crippen LogP contribution in [-0.4, -0.2) is 47.5 Å². The molecule has 1 saturated carbocycles. The van der Waals surface area contributed by atoms with Crippen molar-refractivity contribution in [1.29, 1.82) is 0 Å². The van der Waals surface area contributed by atoms with Crippen LogP contribution in [0.2, 0.25) is 0 Å². The maximum Gasteiger partial charge on any atom is 0.227 e. The van der Waals surface area contributed by atoms with Crippen molar-refractivity contribution < 1.29 is 14.4 Å². The molecule has 3 rings (SSSR count). The standard InChI is InChI=1S/C18H22N2O3/c1-19(11-13-6-3-2-4-7-13)17(22)15-10-16(15)18(23)20-9-5-8-14(20)12-21/h2-4,6-7,12,14-16H,5,8-11H2,1H3. The van der Waals surface area contributed by atoms with Gasteiger partial charge in [-0.1, -0.05) is 30.3 Å². The molecule has 2 aliphatic rings. The van der Waals surface area contributed by atoms with E-state index in [1.165, 1.54) is 0 Å². The molecular weight excluding hydrogens is 292 g/mol. The highest BCUT2D eigenvalue weighted by molar-refractivity contribution is 5.93. The molecule has 5 nitrogen and oxygen atoms in total. The van der Waals surface area contributed by atoms with Gasteiger partial charge in [0.2, 0.25) is 11.8 Å². The van der Waals surface area contributed by atoms with Crippen molar-refractivity contribution in [2.24, 2.45) is 11.8 Å². The molecule has 0 N–H and O–H groups in total. The van der Waals surface area contributed by atoms with Gasteiger partial charge in [-0.2, -0.15) is 0 Å². The molecule has 2 fully saturated rings. The van der Waals surface area contributed by atoms with Crippen LogP contribution in [0.1, 0.15) is 24.8 Å². The smallest absolute Gasteiger partial charge is 0.227 e. The number of carbonyl (C=O) groups is 3. The molecule has 3 unspecified atom stereocenters. The molecule has 1 heterocycles. The number of carbonyl (C=O) groups excluding carboxylic acids is 3. The monoisotopic (exact) mass is 314 g/mol. The lowest BCUT2D eigenvalue weighted by Crippen LogP contribution is -2.38. The second-order valence-corrected chi connectivity index (χ2v) is 6.51. The third kappa shape index (κ3) is 3.28. The number of likely N-dealkylation sites (tertiary alicyclic amines) is 1. The Hall–Kier alpha value is -2.17. The fourth-order valence-corrected chi connectivity index (χ4v) is 3.38. The summed E-state index contributed by atoms with van der Waals surface area (Å²) in [6.07, 6.45) is 3.08. The Balaban J connectivity index is 1.56. The first kappa shape index (κ1) is 15.7. The minimum atomic E-state index is -0.291. The van der Waals surface area contributed by atoms with Crippen molar-refractivity contribution in [1.82, 2.24) is 9.80 Å². The molecule has 5 heteroatoms. The van der Waals surface area contributed by atoms with Crippen molar-refractivity contribution in [2.45, 2.75) is 31.8 Å². The van der Waals surface area contributed by atoms with E-state index in [4.69, 9.17) is 0 Å². The van der Waals surface area contributed by atoms with E-state index in [0.717, 1.165) is 24.7 Å². The zero-order chi connectivity index (χ0) is 16.4. The van der Waals surface area contributed by atoms with Gasteiger partial charge in [-0.25, -0.2) is 0 Å².